The fraction of sp³-hybridized carbons (Fsp3) is 0.300. The van der Waals surface area contributed by atoms with Gasteiger partial charge in [0.05, 0.1) is 10.0 Å². The zero-order valence-corrected chi connectivity index (χ0v) is 16.4. The fourth-order valence-corrected chi connectivity index (χ4v) is 3.43. The van der Waals surface area contributed by atoms with Gasteiger partial charge in [-0.1, -0.05) is 41.4 Å². The van der Waals surface area contributed by atoms with Gasteiger partial charge in [0.15, 0.2) is 0 Å². The van der Waals surface area contributed by atoms with Crippen molar-refractivity contribution in [3.63, 3.8) is 0 Å². The van der Waals surface area contributed by atoms with E-state index in [2.05, 4.69) is 5.32 Å². The van der Waals surface area contributed by atoms with Crippen molar-refractivity contribution >= 4 is 46.4 Å². The van der Waals surface area contributed by atoms with Crippen LogP contribution in [-0.2, 0) is 16.0 Å². The molecular formula is C20H20Cl2N2O2. The van der Waals surface area contributed by atoms with Crippen LogP contribution in [0.15, 0.2) is 42.5 Å². The van der Waals surface area contributed by atoms with Crippen molar-refractivity contribution in [2.45, 2.75) is 33.2 Å². The predicted molar refractivity (Wildman–Crippen MR) is 106 cm³/mol. The normalized spacial score (nSPS) is 16.3. The molecule has 1 heterocycles. The summed E-state index contributed by atoms with van der Waals surface area (Å²) in [7, 11) is 0. The van der Waals surface area contributed by atoms with E-state index in [1.54, 1.807) is 36.9 Å². The van der Waals surface area contributed by atoms with Gasteiger partial charge >= 0.3 is 0 Å². The molecule has 0 saturated carbocycles. The van der Waals surface area contributed by atoms with E-state index in [0.717, 1.165) is 17.7 Å². The lowest BCUT2D eigenvalue weighted by atomic mass is 9.89. The van der Waals surface area contributed by atoms with Gasteiger partial charge in [-0.3, -0.25) is 9.59 Å². The molecule has 0 fully saturated rings. The van der Waals surface area contributed by atoms with Crippen LogP contribution in [-0.4, -0.2) is 17.9 Å². The number of amides is 2. The largest absolute Gasteiger partial charge is 0.325 e. The van der Waals surface area contributed by atoms with Crippen LogP contribution in [0.2, 0.25) is 10.0 Å². The van der Waals surface area contributed by atoms with Gasteiger partial charge in [-0.15, -0.1) is 0 Å². The van der Waals surface area contributed by atoms with E-state index in [-0.39, 0.29) is 11.9 Å². The first-order chi connectivity index (χ1) is 12.2. The van der Waals surface area contributed by atoms with Crippen LogP contribution in [0.25, 0.3) is 0 Å². The number of carbonyl (C=O) groups excluding carboxylic acids is 2. The molecule has 0 aliphatic carbocycles. The molecule has 4 nitrogen and oxygen atoms in total. The van der Waals surface area contributed by atoms with E-state index in [0.29, 0.717) is 15.7 Å². The minimum atomic E-state index is -1.24. The van der Waals surface area contributed by atoms with Crippen molar-refractivity contribution in [1.82, 2.24) is 0 Å². The summed E-state index contributed by atoms with van der Waals surface area (Å²) in [5.74, 6) is -0.620. The standard InChI is InChI=1S/C20H20Cl2N2O2/c1-12-10-13-6-4-5-7-17(13)24(12)19(26)20(2,3)18(25)23-14-8-9-15(21)16(22)11-14/h4-9,11-12H,10H2,1-3H3,(H,23,25). The molecule has 3 rings (SSSR count). The Morgan fingerprint density at radius 1 is 1.12 bits per heavy atom. The molecule has 1 aliphatic rings. The number of halogens is 2. The third-order valence-electron chi connectivity index (χ3n) is 4.71. The molecule has 2 aromatic carbocycles. The zero-order valence-electron chi connectivity index (χ0n) is 14.8. The maximum absolute atomic E-state index is 13.2. The zero-order chi connectivity index (χ0) is 19.1. The highest BCUT2D eigenvalue weighted by Crippen LogP contribution is 2.36. The third kappa shape index (κ3) is 3.31. The lowest BCUT2D eigenvalue weighted by Gasteiger charge is -2.31. The second-order valence-corrected chi connectivity index (χ2v) is 7.88. The third-order valence-corrected chi connectivity index (χ3v) is 5.44. The molecule has 6 heteroatoms. The van der Waals surface area contributed by atoms with Gasteiger partial charge in [0, 0.05) is 17.4 Å². The van der Waals surface area contributed by atoms with Gasteiger partial charge in [-0.25, -0.2) is 0 Å². The second kappa shape index (κ2) is 6.93. The Balaban J connectivity index is 1.83. The molecule has 2 aromatic rings. The second-order valence-electron chi connectivity index (χ2n) is 7.07. The summed E-state index contributed by atoms with van der Waals surface area (Å²) in [6, 6.07) is 12.6. The smallest absolute Gasteiger partial charge is 0.242 e. The maximum atomic E-state index is 13.2. The van der Waals surface area contributed by atoms with Crippen LogP contribution < -0.4 is 10.2 Å². The molecule has 0 aromatic heterocycles. The number of anilines is 2. The van der Waals surface area contributed by atoms with Crippen molar-refractivity contribution in [3.05, 3.63) is 58.1 Å². The summed E-state index contributed by atoms with van der Waals surface area (Å²) in [5, 5.41) is 3.51. The summed E-state index contributed by atoms with van der Waals surface area (Å²) in [5.41, 5.74) is 1.26. The average Bonchev–Trinajstić information content (AvgIpc) is 2.93. The van der Waals surface area contributed by atoms with Gasteiger partial charge in [0.25, 0.3) is 0 Å². The SMILES string of the molecule is CC1Cc2ccccc2N1C(=O)C(C)(C)C(=O)Nc1ccc(Cl)c(Cl)c1. The van der Waals surface area contributed by atoms with Gasteiger partial charge in [0.2, 0.25) is 11.8 Å². The minimum Gasteiger partial charge on any atom is -0.325 e. The Hall–Kier alpha value is -2.04. The Bertz CT molecular complexity index is 880. The highest BCUT2D eigenvalue weighted by atomic mass is 35.5. The molecular weight excluding hydrogens is 371 g/mol. The number of nitrogens with one attached hydrogen (secondary N) is 1. The van der Waals surface area contributed by atoms with Crippen molar-refractivity contribution in [2.24, 2.45) is 5.41 Å². The van der Waals surface area contributed by atoms with E-state index in [4.69, 9.17) is 23.2 Å². The summed E-state index contributed by atoms with van der Waals surface area (Å²) in [4.78, 5) is 27.7. The Morgan fingerprint density at radius 3 is 2.50 bits per heavy atom. The highest BCUT2D eigenvalue weighted by Gasteiger charge is 2.43. The van der Waals surface area contributed by atoms with Crippen molar-refractivity contribution in [1.29, 1.82) is 0 Å². The Labute approximate surface area is 163 Å². The highest BCUT2D eigenvalue weighted by molar-refractivity contribution is 6.42. The van der Waals surface area contributed by atoms with E-state index in [1.165, 1.54) is 0 Å². The van der Waals surface area contributed by atoms with Crippen LogP contribution in [0.3, 0.4) is 0 Å². The molecule has 26 heavy (non-hydrogen) atoms. The molecule has 0 bridgehead atoms. The number of para-hydroxylation sites is 1. The minimum absolute atomic E-state index is 0.0111. The molecule has 0 radical (unpaired) electrons. The van der Waals surface area contributed by atoms with Gasteiger partial charge in [-0.2, -0.15) is 0 Å². The first kappa shape index (κ1) is 18.7. The van der Waals surface area contributed by atoms with Crippen LogP contribution in [0.5, 0.6) is 0 Å². The van der Waals surface area contributed by atoms with Crippen molar-refractivity contribution < 1.29 is 9.59 Å². The number of carbonyl (C=O) groups is 2. The topological polar surface area (TPSA) is 49.4 Å². The van der Waals surface area contributed by atoms with Gasteiger partial charge in [0.1, 0.15) is 5.41 Å². The van der Waals surface area contributed by atoms with E-state index < -0.39 is 11.3 Å². The summed E-state index contributed by atoms with van der Waals surface area (Å²) < 4.78 is 0. The van der Waals surface area contributed by atoms with Crippen LogP contribution in [0, 0.1) is 5.41 Å². The van der Waals surface area contributed by atoms with Crippen molar-refractivity contribution in [2.75, 3.05) is 10.2 Å². The quantitative estimate of drug-likeness (QED) is 0.754. The molecule has 0 saturated heterocycles. The monoisotopic (exact) mass is 390 g/mol. The number of hydrogen-bond donors (Lipinski definition) is 1. The van der Waals surface area contributed by atoms with E-state index in [1.807, 2.05) is 31.2 Å². The van der Waals surface area contributed by atoms with Crippen LogP contribution in [0.1, 0.15) is 26.3 Å². The first-order valence-electron chi connectivity index (χ1n) is 8.40. The molecule has 1 atom stereocenters. The number of benzene rings is 2. The molecule has 2 amide bonds. The Morgan fingerprint density at radius 2 is 1.81 bits per heavy atom. The van der Waals surface area contributed by atoms with Gasteiger partial charge in [-0.05, 0) is 57.0 Å². The number of rotatable bonds is 3. The molecule has 1 N–H and O–H groups in total. The lowest BCUT2D eigenvalue weighted by molar-refractivity contribution is -0.136. The number of fused-ring (bicyclic) bond motifs is 1. The summed E-state index contributed by atoms with van der Waals surface area (Å²) >= 11 is 11.9. The molecule has 0 spiro atoms. The average molecular weight is 391 g/mol. The molecule has 1 unspecified atom stereocenters. The first-order valence-corrected chi connectivity index (χ1v) is 9.15. The summed E-state index contributed by atoms with van der Waals surface area (Å²) in [6.45, 7) is 5.26. The summed E-state index contributed by atoms with van der Waals surface area (Å²) in [6.07, 6.45) is 0.784. The van der Waals surface area contributed by atoms with E-state index >= 15 is 0 Å². The number of hydrogen-bond acceptors (Lipinski definition) is 2. The van der Waals surface area contributed by atoms with E-state index in [9.17, 15) is 9.59 Å². The fourth-order valence-electron chi connectivity index (χ4n) is 3.13. The molecule has 1 aliphatic heterocycles. The Kier molecular flexibility index (Phi) is 5.00. The lowest BCUT2D eigenvalue weighted by Crippen LogP contribution is -2.49. The van der Waals surface area contributed by atoms with Gasteiger partial charge < -0.3 is 10.2 Å². The predicted octanol–water partition coefficient (Wildman–Crippen LogP) is 4.94. The van der Waals surface area contributed by atoms with Crippen LogP contribution >= 0.6 is 23.2 Å². The van der Waals surface area contributed by atoms with Crippen LogP contribution in [0.4, 0.5) is 11.4 Å². The molecule has 136 valence electrons. The number of nitrogens with zero attached hydrogens (tertiary/aromatic N) is 1. The maximum Gasteiger partial charge on any atom is 0.242 e. The van der Waals surface area contributed by atoms with Crippen molar-refractivity contribution in [3.8, 4) is 0 Å².